The van der Waals surface area contributed by atoms with Gasteiger partial charge in [-0.1, -0.05) is 26.8 Å². The van der Waals surface area contributed by atoms with Crippen molar-refractivity contribution in [2.75, 3.05) is 0 Å². The van der Waals surface area contributed by atoms with Crippen molar-refractivity contribution in [3.05, 3.63) is 29.3 Å². The van der Waals surface area contributed by atoms with Crippen LogP contribution in [-0.2, 0) is 0 Å². The molecule has 0 aliphatic rings. The highest BCUT2D eigenvalue weighted by Gasteiger charge is 2.26. The fraction of sp³-hybridized carbons (Fsp3) is 0.533. The van der Waals surface area contributed by atoms with Gasteiger partial charge in [-0.25, -0.2) is 0 Å². The van der Waals surface area contributed by atoms with Crippen LogP contribution in [0.15, 0.2) is 23.1 Å². The van der Waals surface area contributed by atoms with E-state index in [1.165, 1.54) is 0 Å². The van der Waals surface area contributed by atoms with Crippen molar-refractivity contribution in [1.82, 2.24) is 5.32 Å². The highest BCUT2D eigenvalue weighted by Crippen LogP contribution is 2.21. The lowest BCUT2D eigenvalue weighted by atomic mass is 9.89. The first-order valence-corrected chi connectivity index (χ1v) is 7.04. The van der Waals surface area contributed by atoms with Gasteiger partial charge in [-0.05, 0) is 43.9 Å². The molecule has 0 heterocycles. The summed E-state index contributed by atoms with van der Waals surface area (Å²) in [7, 11) is 0. The summed E-state index contributed by atoms with van der Waals surface area (Å²) >= 11 is 4.30. The van der Waals surface area contributed by atoms with Crippen LogP contribution in [-0.4, -0.2) is 11.4 Å². The third-order valence-electron chi connectivity index (χ3n) is 3.87. The summed E-state index contributed by atoms with van der Waals surface area (Å²) in [5, 5.41) is 3.19. The van der Waals surface area contributed by atoms with Gasteiger partial charge >= 0.3 is 0 Å². The van der Waals surface area contributed by atoms with Gasteiger partial charge in [0.25, 0.3) is 5.91 Å². The van der Waals surface area contributed by atoms with E-state index in [1.54, 1.807) is 0 Å². The number of carbonyl (C=O) groups is 1. The van der Waals surface area contributed by atoms with Crippen LogP contribution >= 0.6 is 12.6 Å². The number of rotatable bonds is 5. The van der Waals surface area contributed by atoms with Crippen molar-refractivity contribution < 1.29 is 4.79 Å². The van der Waals surface area contributed by atoms with Gasteiger partial charge < -0.3 is 5.32 Å². The van der Waals surface area contributed by atoms with Gasteiger partial charge in [0.1, 0.15) is 0 Å². The largest absolute Gasteiger partial charge is 0.347 e. The SMILES string of the molecule is CCC(CC)(CC)NC(=O)c1cc(S)ccc1C. The van der Waals surface area contributed by atoms with E-state index in [-0.39, 0.29) is 11.4 Å². The van der Waals surface area contributed by atoms with Crippen molar-refractivity contribution in [1.29, 1.82) is 0 Å². The van der Waals surface area contributed by atoms with Crippen molar-refractivity contribution in [3.8, 4) is 0 Å². The Morgan fingerprint density at radius 3 is 2.28 bits per heavy atom. The summed E-state index contributed by atoms with van der Waals surface area (Å²) in [6.45, 7) is 8.31. The Hall–Kier alpha value is -0.960. The van der Waals surface area contributed by atoms with Crippen LogP contribution in [0.1, 0.15) is 56.0 Å². The summed E-state index contributed by atoms with van der Waals surface area (Å²) in [5.41, 5.74) is 1.63. The van der Waals surface area contributed by atoms with E-state index in [0.29, 0.717) is 0 Å². The van der Waals surface area contributed by atoms with Gasteiger partial charge in [0, 0.05) is 16.0 Å². The molecule has 1 aromatic carbocycles. The van der Waals surface area contributed by atoms with E-state index < -0.39 is 0 Å². The minimum atomic E-state index is -0.0872. The maximum Gasteiger partial charge on any atom is 0.252 e. The molecule has 1 rings (SSSR count). The summed E-state index contributed by atoms with van der Waals surface area (Å²) in [6, 6.07) is 5.67. The topological polar surface area (TPSA) is 29.1 Å². The quantitative estimate of drug-likeness (QED) is 0.775. The second-order valence-electron chi connectivity index (χ2n) is 4.79. The van der Waals surface area contributed by atoms with Gasteiger partial charge in [-0.15, -0.1) is 12.6 Å². The summed E-state index contributed by atoms with van der Waals surface area (Å²) in [6.07, 6.45) is 2.85. The Labute approximate surface area is 116 Å². The molecule has 0 aliphatic carbocycles. The number of carbonyl (C=O) groups excluding carboxylic acids is 1. The third-order valence-corrected chi connectivity index (χ3v) is 4.15. The molecule has 18 heavy (non-hydrogen) atoms. The Balaban J connectivity index is 2.97. The maximum absolute atomic E-state index is 12.4. The van der Waals surface area contributed by atoms with E-state index in [1.807, 2.05) is 25.1 Å². The zero-order valence-corrected chi connectivity index (χ0v) is 12.6. The van der Waals surface area contributed by atoms with Gasteiger partial charge in [-0.3, -0.25) is 4.79 Å². The summed E-state index contributed by atoms with van der Waals surface area (Å²) in [4.78, 5) is 13.2. The molecule has 0 saturated heterocycles. The molecule has 3 heteroatoms. The highest BCUT2D eigenvalue weighted by atomic mass is 32.1. The van der Waals surface area contributed by atoms with Crippen LogP contribution in [0.5, 0.6) is 0 Å². The first-order chi connectivity index (χ1) is 8.48. The molecule has 0 unspecified atom stereocenters. The summed E-state index contributed by atoms with van der Waals surface area (Å²) < 4.78 is 0. The number of benzene rings is 1. The van der Waals surface area contributed by atoms with Crippen LogP contribution in [0, 0.1) is 6.92 Å². The zero-order chi connectivity index (χ0) is 13.8. The minimum absolute atomic E-state index is 0.00829. The molecule has 0 fully saturated rings. The van der Waals surface area contributed by atoms with Crippen LogP contribution in [0.25, 0.3) is 0 Å². The second kappa shape index (κ2) is 6.28. The van der Waals surface area contributed by atoms with E-state index in [0.717, 1.165) is 35.3 Å². The Morgan fingerprint density at radius 1 is 1.22 bits per heavy atom. The third kappa shape index (κ3) is 3.29. The number of amides is 1. The molecule has 0 aromatic heterocycles. The molecule has 100 valence electrons. The molecular weight excluding hydrogens is 242 g/mol. The molecule has 2 nitrogen and oxygen atoms in total. The minimum Gasteiger partial charge on any atom is -0.347 e. The number of thiol groups is 1. The normalized spacial score (nSPS) is 11.4. The number of hydrogen-bond acceptors (Lipinski definition) is 2. The molecule has 1 aromatic rings. The van der Waals surface area contributed by atoms with Gasteiger partial charge in [0.2, 0.25) is 0 Å². The molecule has 0 radical (unpaired) electrons. The standard InChI is InChI=1S/C15H23NOS/c1-5-15(6-2,7-3)16-14(17)13-10-12(18)9-8-11(13)4/h8-10,18H,5-7H2,1-4H3,(H,16,17). The van der Waals surface area contributed by atoms with Crippen molar-refractivity contribution >= 4 is 18.5 Å². The number of aryl methyl sites for hydroxylation is 1. The van der Waals surface area contributed by atoms with Crippen LogP contribution in [0.3, 0.4) is 0 Å². The molecule has 1 amide bonds. The smallest absolute Gasteiger partial charge is 0.252 e. The highest BCUT2D eigenvalue weighted by molar-refractivity contribution is 7.80. The van der Waals surface area contributed by atoms with Crippen molar-refractivity contribution in [2.24, 2.45) is 0 Å². The fourth-order valence-electron chi connectivity index (χ4n) is 2.18. The lowest BCUT2D eigenvalue weighted by Gasteiger charge is -2.32. The van der Waals surface area contributed by atoms with Gasteiger partial charge in [0.05, 0.1) is 0 Å². The average Bonchev–Trinajstić information content (AvgIpc) is 2.38. The first kappa shape index (κ1) is 15.1. The second-order valence-corrected chi connectivity index (χ2v) is 5.31. The molecule has 0 saturated carbocycles. The number of nitrogens with one attached hydrogen (secondary N) is 1. The van der Waals surface area contributed by atoms with Crippen LogP contribution < -0.4 is 5.32 Å². The van der Waals surface area contributed by atoms with E-state index >= 15 is 0 Å². The first-order valence-electron chi connectivity index (χ1n) is 6.60. The van der Waals surface area contributed by atoms with E-state index in [9.17, 15) is 4.79 Å². The van der Waals surface area contributed by atoms with E-state index in [4.69, 9.17) is 0 Å². The van der Waals surface area contributed by atoms with Gasteiger partial charge in [-0.2, -0.15) is 0 Å². The molecular formula is C15H23NOS. The van der Waals surface area contributed by atoms with Crippen molar-refractivity contribution in [2.45, 2.75) is 57.4 Å². The van der Waals surface area contributed by atoms with Crippen molar-refractivity contribution in [3.63, 3.8) is 0 Å². The molecule has 0 aliphatic heterocycles. The number of hydrogen-bond donors (Lipinski definition) is 2. The predicted molar refractivity (Wildman–Crippen MR) is 79.5 cm³/mol. The van der Waals surface area contributed by atoms with Crippen LogP contribution in [0.2, 0.25) is 0 Å². The van der Waals surface area contributed by atoms with Crippen LogP contribution in [0.4, 0.5) is 0 Å². The molecule has 1 N–H and O–H groups in total. The average molecular weight is 265 g/mol. The zero-order valence-electron chi connectivity index (χ0n) is 11.7. The fourth-order valence-corrected chi connectivity index (χ4v) is 2.38. The summed E-state index contributed by atoms with van der Waals surface area (Å²) in [5.74, 6) is 0.00829. The predicted octanol–water partition coefficient (Wildman–Crippen LogP) is 3.98. The lowest BCUT2D eigenvalue weighted by molar-refractivity contribution is 0.0887. The Kier molecular flexibility index (Phi) is 5.27. The molecule has 0 spiro atoms. The Morgan fingerprint density at radius 2 is 1.78 bits per heavy atom. The maximum atomic E-state index is 12.4. The lowest BCUT2D eigenvalue weighted by Crippen LogP contribution is -2.47. The molecule has 0 atom stereocenters. The van der Waals surface area contributed by atoms with E-state index in [2.05, 4.69) is 38.7 Å². The Bertz CT molecular complexity index is 416. The molecule has 0 bridgehead atoms. The monoisotopic (exact) mass is 265 g/mol. The van der Waals surface area contributed by atoms with Gasteiger partial charge in [0.15, 0.2) is 0 Å².